The van der Waals surface area contributed by atoms with Gasteiger partial charge in [0.05, 0.1) is 0 Å². The molecule has 1 aromatic heterocycles. The Kier molecular flexibility index (Phi) is 7.60. The summed E-state index contributed by atoms with van der Waals surface area (Å²) in [5.41, 5.74) is 0. The molecule has 2 unspecified atom stereocenters. The molecule has 0 fully saturated rings. The molecule has 1 nitrogen and oxygen atoms in total. The number of rotatable bonds is 9. The van der Waals surface area contributed by atoms with Gasteiger partial charge in [-0.2, -0.15) is 0 Å². The van der Waals surface area contributed by atoms with E-state index in [2.05, 4.69) is 45.1 Å². The summed E-state index contributed by atoms with van der Waals surface area (Å²) in [6.07, 6.45) is 7.95. The second kappa shape index (κ2) is 8.71. The Morgan fingerprint density at radius 1 is 1.11 bits per heavy atom. The van der Waals surface area contributed by atoms with Crippen LogP contribution in [0.4, 0.5) is 0 Å². The Bertz CT molecular complexity index is 319. The van der Waals surface area contributed by atoms with E-state index in [1.54, 1.807) is 0 Å². The monoisotopic (exact) mass is 267 g/mol. The van der Waals surface area contributed by atoms with E-state index in [9.17, 15) is 0 Å². The number of thiophene rings is 1. The van der Waals surface area contributed by atoms with Gasteiger partial charge in [0.15, 0.2) is 0 Å². The van der Waals surface area contributed by atoms with Gasteiger partial charge < -0.3 is 5.32 Å². The smallest absolute Gasteiger partial charge is 0.00894 e. The van der Waals surface area contributed by atoms with Crippen molar-refractivity contribution in [3.8, 4) is 0 Å². The van der Waals surface area contributed by atoms with Crippen molar-refractivity contribution >= 4 is 11.3 Å². The van der Waals surface area contributed by atoms with Gasteiger partial charge in [-0.3, -0.25) is 0 Å². The fourth-order valence-corrected chi connectivity index (χ4v) is 3.42. The molecule has 0 bridgehead atoms. The summed E-state index contributed by atoms with van der Waals surface area (Å²) >= 11 is 1.93. The molecule has 18 heavy (non-hydrogen) atoms. The number of hydrogen-bond acceptors (Lipinski definition) is 2. The van der Waals surface area contributed by atoms with Gasteiger partial charge in [-0.05, 0) is 45.7 Å². The minimum Gasteiger partial charge on any atom is -0.311 e. The average molecular weight is 267 g/mol. The molecule has 1 heterocycles. The molecule has 1 aromatic rings. The molecule has 0 radical (unpaired) electrons. The van der Waals surface area contributed by atoms with Crippen molar-refractivity contribution < 1.29 is 0 Å². The second-order valence-electron chi connectivity index (χ2n) is 5.53. The summed E-state index contributed by atoms with van der Waals surface area (Å²) in [6, 6.07) is 5.73. The van der Waals surface area contributed by atoms with Gasteiger partial charge in [-0.25, -0.2) is 0 Å². The highest BCUT2D eigenvalue weighted by Crippen LogP contribution is 2.17. The first-order chi connectivity index (χ1) is 8.61. The van der Waals surface area contributed by atoms with E-state index >= 15 is 0 Å². The zero-order chi connectivity index (χ0) is 13.4. The van der Waals surface area contributed by atoms with Crippen LogP contribution in [0.2, 0.25) is 0 Å². The van der Waals surface area contributed by atoms with Gasteiger partial charge in [-0.15, -0.1) is 11.3 Å². The van der Waals surface area contributed by atoms with Gasteiger partial charge in [-0.1, -0.05) is 32.6 Å². The Morgan fingerprint density at radius 3 is 2.50 bits per heavy atom. The molecule has 0 aliphatic rings. The average Bonchev–Trinajstić information content (AvgIpc) is 2.70. The molecular formula is C16H29NS. The van der Waals surface area contributed by atoms with Crippen LogP contribution in [0.3, 0.4) is 0 Å². The normalized spacial score (nSPS) is 14.7. The summed E-state index contributed by atoms with van der Waals surface area (Å²) in [5.74, 6) is 0. The summed E-state index contributed by atoms with van der Waals surface area (Å²) < 4.78 is 0. The Balaban J connectivity index is 2.16. The van der Waals surface area contributed by atoms with Crippen LogP contribution in [0.25, 0.3) is 0 Å². The fraction of sp³-hybridized carbons (Fsp3) is 0.750. The zero-order valence-corrected chi connectivity index (χ0v) is 13.3. The zero-order valence-electron chi connectivity index (χ0n) is 12.5. The number of hydrogen-bond donors (Lipinski definition) is 1. The minimum atomic E-state index is 0.587. The maximum Gasteiger partial charge on any atom is 0.00894 e. The predicted octanol–water partition coefficient (Wildman–Crippen LogP) is 4.94. The van der Waals surface area contributed by atoms with E-state index in [4.69, 9.17) is 0 Å². The first-order valence-corrected chi connectivity index (χ1v) is 8.24. The third-order valence-electron chi connectivity index (χ3n) is 3.36. The molecule has 104 valence electrons. The molecule has 2 heteroatoms. The van der Waals surface area contributed by atoms with E-state index in [1.807, 2.05) is 11.3 Å². The van der Waals surface area contributed by atoms with Crippen molar-refractivity contribution in [2.75, 3.05) is 0 Å². The fourth-order valence-electron chi connectivity index (χ4n) is 2.40. The summed E-state index contributed by atoms with van der Waals surface area (Å²) in [6.45, 7) is 9.08. The van der Waals surface area contributed by atoms with Crippen molar-refractivity contribution in [1.29, 1.82) is 0 Å². The molecule has 0 aliphatic carbocycles. The van der Waals surface area contributed by atoms with Crippen LogP contribution in [0.1, 0.15) is 62.6 Å². The Labute approximate surface area is 117 Å². The molecule has 1 N–H and O–H groups in total. The van der Waals surface area contributed by atoms with Crippen LogP contribution in [-0.2, 0) is 6.42 Å². The highest BCUT2D eigenvalue weighted by molar-refractivity contribution is 7.11. The first-order valence-electron chi connectivity index (χ1n) is 7.43. The van der Waals surface area contributed by atoms with E-state index in [-0.39, 0.29) is 0 Å². The molecule has 0 aromatic carbocycles. The maximum absolute atomic E-state index is 3.72. The second-order valence-corrected chi connectivity index (χ2v) is 6.91. The number of nitrogens with one attached hydrogen (secondary N) is 1. The van der Waals surface area contributed by atoms with Crippen molar-refractivity contribution in [1.82, 2.24) is 5.32 Å². The molecule has 0 saturated carbocycles. The van der Waals surface area contributed by atoms with Crippen molar-refractivity contribution in [2.45, 2.75) is 78.3 Å². The highest BCUT2D eigenvalue weighted by Gasteiger charge is 2.08. The van der Waals surface area contributed by atoms with E-state index in [1.165, 1.54) is 41.9 Å². The first kappa shape index (κ1) is 15.7. The SMILES string of the molecule is CCCCCCC(C)NC(C)Cc1ccc(C)s1. The lowest BCUT2D eigenvalue weighted by Crippen LogP contribution is -2.35. The molecule has 0 saturated heterocycles. The lowest BCUT2D eigenvalue weighted by atomic mass is 10.1. The van der Waals surface area contributed by atoms with Crippen LogP contribution in [0.5, 0.6) is 0 Å². The summed E-state index contributed by atoms with van der Waals surface area (Å²) in [5, 5.41) is 3.72. The van der Waals surface area contributed by atoms with Crippen molar-refractivity contribution in [2.24, 2.45) is 0 Å². The quantitative estimate of drug-likeness (QED) is 0.625. The number of unbranched alkanes of at least 4 members (excludes halogenated alkanes) is 3. The predicted molar refractivity (Wildman–Crippen MR) is 83.6 cm³/mol. The number of aryl methyl sites for hydroxylation is 1. The highest BCUT2D eigenvalue weighted by atomic mass is 32.1. The van der Waals surface area contributed by atoms with Gasteiger partial charge in [0.2, 0.25) is 0 Å². The van der Waals surface area contributed by atoms with Crippen LogP contribution in [-0.4, -0.2) is 12.1 Å². The standard InChI is InChI=1S/C16H29NS/c1-5-6-7-8-9-13(2)17-14(3)12-16-11-10-15(4)18-16/h10-11,13-14,17H,5-9,12H2,1-4H3. The van der Waals surface area contributed by atoms with E-state index < -0.39 is 0 Å². The molecule has 0 spiro atoms. The van der Waals surface area contributed by atoms with Crippen LogP contribution in [0, 0.1) is 6.92 Å². The Hall–Kier alpha value is -0.340. The Morgan fingerprint density at radius 2 is 1.89 bits per heavy atom. The summed E-state index contributed by atoms with van der Waals surface area (Å²) in [4.78, 5) is 2.93. The lowest BCUT2D eigenvalue weighted by Gasteiger charge is -2.19. The van der Waals surface area contributed by atoms with Crippen LogP contribution in [0.15, 0.2) is 12.1 Å². The van der Waals surface area contributed by atoms with E-state index in [0.717, 1.165) is 6.42 Å². The maximum atomic E-state index is 3.72. The third-order valence-corrected chi connectivity index (χ3v) is 4.39. The van der Waals surface area contributed by atoms with Crippen molar-refractivity contribution in [3.05, 3.63) is 21.9 Å². The molecule has 0 aliphatic heterocycles. The lowest BCUT2D eigenvalue weighted by molar-refractivity contribution is 0.429. The van der Waals surface area contributed by atoms with Gasteiger partial charge in [0.1, 0.15) is 0 Å². The molecule has 2 atom stereocenters. The molecule has 0 amide bonds. The molecular weight excluding hydrogens is 238 g/mol. The molecule has 1 rings (SSSR count). The third kappa shape index (κ3) is 6.55. The van der Waals surface area contributed by atoms with Gasteiger partial charge in [0.25, 0.3) is 0 Å². The van der Waals surface area contributed by atoms with Gasteiger partial charge in [0, 0.05) is 21.8 Å². The van der Waals surface area contributed by atoms with Gasteiger partial charge >= 0.3 is 0 Å². The van der Waals surface area contributed by atoms with Crippen molar-refractivity contribution in [3.63, 3.8) is 0 Å². The largest absolute Gasteiger partial charge is 0.311 e. The summed E-state index contributed by atoms with van der Waals surface area (Å²) in [7, 11) is 0. The van der Waals surface area contributed by atoms with Crippen LogP contribution >= 0.6 is 11.3 Å². The van der Waals surface area contributed by atoms with Crippen LogP contribution < -0.4 is 5.32 Å². The topological polar surface area (TPSA) is 12.0 Å². The van der Waals surface area contributed by atoms with E-state index in [0.29, 0.717) is 12.1 Å². The minimum absolute atomic E-state index is 0.587.